The van der Waals surface area contributed by atoms with Gasteiger partial charge in [-0.25, -0.2) is 0 Å². The summed E-state index contributed by atoms with van der Waals surface area (Å²) in [7, 11) is 2.99. The summed E-state index contributed by atoms with van der Waals surface area (Å²) in [6.07, 6.45) is 0.303. The average Bonchev–Trinajstić information content (AvgIpc) is 3.32. The predicted molar refractivity (Wildman–Crippen MR) is 94.8 cm³/mol. The molecule has 2 aliphatic rings. The number of ether oxygens (including phenoxy) is 6. The second kappa shape index (κ2) is 7.26. The minimum atomic E-state index is -0.245. The van der Waals surface area contributed by atoms with Crippen LogP contribution in [0.15, 0.2) is 30.3 Å². The Morgan fingerprint density at radius 3 is 2.74 bits per heavy atom. The van der Waals surface area contributed by atoms with Crippen LogP contribution < -0.4 is 23.7 Å². The Balaban J connectivity index is 1.48. The molecule has 2 aromatic carbocycles. The Hall–Kier alpha value is -3.09. The average molecular weight is 372 g/mol. The van der Waals surface area contributed by atoms with Crippen molar-refractivity contribution in [2.24, 2.45) is 0 Å². The molecule has 0 bridgehead atoms. The summed E-state index contributed by atoms with van der Waals surface area (Å²) in [6, 6.07) is 9.29. The van der Waals surface area contributed by atoms with Gasteiger partial charge < -0.3 is 28.4 Å². The van der Waals surface area contributed by atoms with E-state index in [0.29, 0.717) is 42.6 Å². The van der Waals surface area contributed by atoms with E-state index in [1.807, 2.05) is 24.3 Å². The maximum absolute atomic E-state index is 11.5. The number of hydrogen-bond acceptors (Lipinski definition) is 7. The van der Waals surface area contributed by atoms with Gasteiger partial charge in [-0.3, -0.25) is 4.79 Å². The highest BCUT2D eigenvalue weighted by atomic mass is 16.7. The van der Waals surface area contributed by atoms with Gasteiger partial charge in [0.15, 0.2) is 11.5 Å². The Morgan fingerprint density at radius 2 is 1.93 bits per heavy atom. The zero-order valence-electron chi connectivity index (χ0n) is 15.2. The van der Waals surface area contributed by atoms with Crippen LogP contribution in [0.5, 0.6) is 28.7 Å². The third-order valence-corrected chi connectivity index (χ3v) is 4.66. The van der Waals surface area contributed by atoms with Crippen molar-refractivity contribution in [3.63, 3.8) is 0 Å². The smallest absolute Gasteiger partial charge is 0.306 e. The van der Waals surface area contributed by atoms with Gasteiger partial charge >= 0.3 is 5.97 Å². The van der Waals surface area contributed by atoms with Gasteiger partial charge in [-0.2, -0.15) is 0 Å². The van der Waals surface area contributed by atoms with E-state index in [4.69, 9.17) is 28.4 Å². The monoisotopic (exact) mass is 372 g/mol. The molecule has 142 valence electrons. The van der Waals surface area contributed by atoms with E-state index in [-0.39, 0.29) is 18.7 Å². The van der Waals surface area contributed by atoms with Crippen molar-refractivity contribution in [3.05, 3.63) is 41.5 Å². The largest absolute Gasteiger partial charge is 0.497 e. The summed E-state index contributed by atoms with van der Waals surface area (Å²) in [4.78, 5) is 11.5. The SMILES string of the molecule is COC(=O)C[C@@H]1COc2cc(OCc3cc(OC)cc4c3OCO4)ccc21. The van der Waals surface area contributed by atoms with E-state index in [0.717, 1.165) is 16.9 Å². The van der Waals surface area contributed by atoms with Gasteiger partial charge in [0.05, 0.1) is 27.2 Å². The molecule has 0 spiro atoms. The Bertz CT molecular complexity index is 862. The number of fused-ring (bicyclic) bond motifs is 2. The second-order valence-electron chi connectivity index (χ2n) is 6.30. The Labute approximate surface area is 156 Å². The first-order chi connectivity index (χ1) is 13.2. The quantitative estimate of drug-likeness (QED) is 0.722. The molecule has 27 heavy (non-hydrogen) atoms. The number of hydrogen-bond donors (Lipinski definition) is 0. The molecule has 0 N–H and O–H groups in total. The third-order valence-electron chi connectivity index (χ3n) is 4.66. The van der Waals surface area contributed by atoms with Crippen molar-refractivity contribution in [2.45, 2.75) is 18.9 Å². The van der Waals surface area contributed by atoms with Crippen molar-refractivity contribution in [2.75, 3.05) is 27.6 Å². The van der Waals surface area contributed by atoms with Gasteiger partial charge in [0.25, 0.3) is 0 Å². The lowest BCUT2D eigenvalue weighted by molar-refractivity contribution is -0.141. The van der Waals surface area contributed by atoms with Gasteiger partial charge in [-0.1, -0.05) is 6.07 Å². The van der Waals surface area contributed by atoms with Crippen LogP contribution >= 0.6 is 0 Å². The van der Waals surface area contributed by atoms with Gasteiger partial charge in [0.2, 0.25) is 6.79 Å². The molecule has 0 fully saturated rings. The molecule has 7 heteroatoms. The minimum Gasteiger partial charge on any atom is -0.497 e. The highest BCUT2D eigenvalue weighted by molar-refractivity contribution is 5.71. The number of methoxy groups -OCH3 is 2. The van der Waals surface area contributed by atoms with Crippen molar-refractivity contribution in [3.8, 4) is 28.7 Å². The zero-order valence-corrected chi connectivity index (χ0v) is 15.2. The lowest BCUT2D eigenvalue weighted by atomic mass is 9.98. The van der Waals surface area contributed by atoms with Crippen LogP contribution in [0.25, 0.3) is 0 Å². The first-order valence-corrected chi connectivity index (χ1v) is 8.61. The first kappa shape index (κ1) is 17.3. The van der Waals surface area contributed by atoms with E-state index < -0.39 is 0 Å². The molecule has 0 saturated carbocycles. The van der Waals surface area contributed by atoms with Gasteiger partial charge in [-0.05, 0) is 12.1 Å². The summed E-state index contributed by atoms with van der Waals surface area (Å²) >= 11 is 0. The number of esters is 1. The third kappa shape index (κ3) is 3.45. The summed E-state index contributed by atoms with van der Waals surface area (Å²) in [5.74, 6) is 3.17. The van der Waals surface area contributed by atoms with Crippen LogP contribution in [0.2, 0.25) is 0 Å². The molecule has 0 radical (unpaired) electrons. The molecule has 0 saturated heterocycles. The van der Waals surface area contributed by atoms with Gasteiger partial charge in [0, 0.05) is 29.2 Å². The molecule has 1 atom stereocenters. The van der Waals surface area contributed by atoms with Crippen LogP contribution in [0, 0.1) is 0 Å². The fourth-order valence-corrected chi connectivity index (χ4v) is 3.24. The summed E-state index contributed by atoms with van der Waals surface area (Å²) in [6.45, 7) is 0.944. The molecule has 0 unspecified atom stereocenters. The van der Waals surface area contributed by atoms with Crippen LogP contribution in [-0.2, 0) is 16.1 Å². The maximum Gasteiger partial charge on any atom is 0.306 e. The van der Waals surface area contributed by atoms with Crippen LogP contribution in [-0.4, -0.2) is 33.6 Å². The van der Waals surface area contributed by atoms with E-state index in [1.165, 1.54) is 7.11 Å². The topological polar surface area (TPSA) is 72.5 Å². The van der Waals surface area contributed by atoms with Crippen LogP contribution in [0.3, 0.4) is 0 Å². The molecular formula is C20H20O7. The fourth-order valence-electron chi connectivity index (χ4n) is 3.24. The predicted octanol–water partition coefficient (Wildman–Crippen LogP) is 3.04. The van der Waals surface area contributed by atoms with E-state index in [2.05, 4.69) is 0 Å². The molecule has 7 nitrogen and oxygen atoms in total. The number of carbonyl (C=O) groups excluding carboxylic acids is 1. The van der Waals surface area contributed by atoms with Crippen molar-refractivity contribution >= 4 is 5.97 Å². The summed E-state index contributed by atoms with van der Waals surface area (Å²) in [5.41, 5.74) is 1.83. The maximum atomic E-state index is 11.5. The first-order valence-electron chi connectivity index (χ1n) is 8.61. The lowest BCUT2D eigenvalue weighted by Crippen LogP contribution is -2.09. The highest BCUT2D eigenvalue weighted by Gasteiger charge is 2.27. The van der Waals surface area contributed by atoms with Crippen molar-refractivity contribution < 1.29 is 33.2 Å². The number of benzene rings is 2. The molecule has 2 aliphatic heterocycles. The molecule has 0 aromatic heterocycles. The van der Waals surface area contributed by atoms with Crippen LogP contribution in [0.1, 0.15) is 23.5 Å². The van der Waals surface area contributed by atoms with E-state index >= 15 is 0 Å². The summed E-state index contributed by atoms with van der Waals surface area (Å²) in [5, 5.41) is 0. The zero-order chi connectivity index (χ0) is 18.8. The molecular weight excluding hydrogens is 352 g/mol. The number of rotatable bonds is 6. The molecule has 0 aliphatic carbocycles. The fraction of sp³-hybridized carbons (Fsp3) is 0.350. The normalized spacial score (nSPS) is 16.4. The Kier molecular flexibility index (Phi) is 4.66. The highest BCUT2D eigenvalue weighted by Crippen LogP contribution is 2.41. The lowest BCUT2D eigenvalue weighted by Gasteiger charge is -2.12. The molecule has 2 heterocycles. The molecule has 4 rings (SSSR count). The van der Waals surface area contributed by atoms with Gasteiger partial charge in [0.1, 0.15) is 23.9 Å². The summed E-state index contributed by atoms with van der Waals surface area (Å²) < 4.78 is 32.6. The Morgan fingerprint density at radius 1 is 1.07 bits per heavy atom. The molecule has 0 amide bonds. The van der Waals surface area contributed by atoms with Gasteiger partial charge in [-0.15, -0.1) is 0 Å². The van der Waals surface area contributed by atoms with Crippen LogP contribution in [0.4, 0.5) is 0 Å². The minimum absolute atomic E-state index is 0.00806. The van der Waals surface area contributed by atoms with Crippen molar-refractivity contribution in [1.29, 1.82) is 0 Å². The number of carbonyl (C=O) groups is 1. The molecule has 2 aromatic rings. The van der Waals surface area contributed by atoms with E-state index in [9.17, 15) is 4.79 Å². The standard InChI is InChI=1S/C20H20O7/c1-22-15-5-13(20-18(8-15)26-11-27-20)10-24-14-3-4-16-12(6-19(21)23-2)9-25-17(16)7-14/h3-5,7-8,12H,6,9-11H2,1-2H3/t12-/m1/s1. The van der Waals surface area contributed by atoms with E-state index in [1.54, 1.807) is 13.2 Å². The van der Waals surface area contributed by atoms with Crippen molar-refractivity contribution in [1.82, 2.24) is 0 Å². The second-order valence-corrected chi connectivity index (χ2v) is 6.30.